The van der Waals surface area contributed by atoms with Gasteiger partial charge in [-0.1, -0.05) is 83.3 Å². The van der Waals surface area contributed by atoms with Gasteiger partial charge in [0, 0.05) is 34.1 Å². The molecule has 48 atom stereocenters. The van der Waals surface area contributed by atoms with Crippen LogP contribution in [0.3, 0.4) is 0 Å². The van der Waals surface area contributed by atoms with Crippen LogP contribution in [-0.4, -0.2) is 509 Å². The Labute approximate surface area is 781 Å². The van der Waals surface area contributed by atoms with Crippen LogP contribution in [-0.2, 0) is 109 Å². The Morgan fingerprint density at radius 2 is 0.735 bits per heavy atom. The van der Waals surface area contributed by atoms with Gasteiger partial charge in [0.25, 0.3) is 5.79 Å². The van der Waals surface area contributed by atoms with Gasteiger partial charge in [0.2, 0.25) is 23.6 Å². The number of amides is 4. The molecule has 788 valence electrons. The smallest absolute Gasteiger partial charge is 0.364 e. The van der Waals surface area contributed by atoms with Crippen LogP contribution in [0.1, 0.15) is 132 Å². The number of carboxylic acids is 1. The SMILES string of the molecule is CCCCCCCCCCCCC/C=C/[C@@H](O)[C@H](CO[C@@H]1O[C@H](CO)[C@@H](O[C@@H]2O[C@H](CO)[C@H](O)[C@H](O[C@@H]3O[C@H](CO)[C@@H](O[C@@H]4O[C@H](CO)[C@H](O)[C@H](O[C@@H]5O[C@H](CO)[C@@H](O[C@@H]6O[C@H](CO)[C@H](O)[C@H](O[C@]7(C(=O)O)C[C@H](O)[C@@H](NC(C)=O)[C@H]([C@H](O)[C@H](O)CO)O7)[C@H]6O)[C@H](O[C@@H]6O[C@@H](C)[C@@H](O)[C@@H](O)[C@@H]6O)[C@H]5NC(C)=O)[C@H]4O)[C@H](O[C@@H]4O[C@@H](C)[C@@H](O)[C@@H](O)[C@@H]4O)[C@H]3NC(C)=O)[C@H]2O)[C@H](O)[C@H]1O)NC(C)=O. The molecule has 0 aromatic rings. The first kappa shape index (κ1) is 115. The molecule has 0 spiro atoms. The van der Waals surface area contributed by atoms with Crippen molar-refractivity contribution in [1.82, 2.24) is 21.3 Å². The van der Waals surface area contributed by atoms with Gasteiger partial charge in [-0.3, -0.25) is 19.2 Å². The van der Waals surface area contributed by atoms with Crippen LogP contribution in [0.15, 0.2) is 12.2 Å². The molecule has 9 rings (SSSR count). The van der Waals surface area contributed by atoms with Gasteiger partial charge in [-0.2, -0.15) is 0 Å². The largest absolute Gasteiger partial charge is 0.477 e. The lowest BCUT2D eigenvalue weighted by Crippen LogP contribution is -2.72. The number of hydrogen-bond donors (Lipinski definition) is 30. The minimum atomic E-state index is -3.35. The minimum absolute atomic E-state index is 0.545. The van der Waals surface area contributed by atoms with Crippen molar-refractivity contribution < 1.29 is 242 Å². The molecular weight excluding hydrogens is 1840 g/mol. The second kappa shape index (κ2) is 53.3. The van der Waals surface area contributed by atoms with E-state index < -0.39 is 383 Å². The van der Waals surface area contributed by atoms with Gasteiger partial charge in [0.05, 0.1) is 89.4 Å². The highest BCUT2D eigenvalue weighted by Crippen LogP contribution is 2.44. The average Bonchev–Trinajstić information content (AvgIpc) is 0.684. The second-order valence-electron chi connectivity index (χ2n) is 35.6. The molecule has 0 saturated carbocycles. The zero-order valence-electron chi connectivity index (χ0n) is 76.2. The van der Waals surface area contributed by atoms with Crippen LogP contribution in [0.2, 0.25) is 0 Å². The maximum atomic E-state index is 13.7. The number of carbonyl (C=O) groups excluding carboxylic acids is 4. The van der Waals surface area contributed by atoms with Crippen LogP contribution < -0.4 is 21.3 Å². The maximum Gasteiger partial charge on any atom is 0.364 e. The molecule has 30 N–H and O–H groups in total. The Kier molecular flexibility index (Phi) is 45.0. The Balaban J connectivity index is 0.986. The van der Waals surface area contributed by atoms with Gasteiger partial charge in [-0.25, -0.2) is 4.79 Å². The molecule has 0 bridgehead atoms. The summed E-state index contributed by atoms with van der Waals surface area (Å²) in [4.78, 5) is 65.6. The lowest BCUT2D eigenvalue weighted by Gasteiger charge is -2.53. The highest BCUT2D eigenvalue weighted by molar-refractivity contribution is 5.77. The van der Waals surface area contributed by atoms with E-state index in [1.165, 1.54) is 65.4 Å². The Morgan fingerprint density at radius 3 is 1.14 bits per heavy atom. The van der Waals surface area contributed by atoms with Crippen molar-refractivity contribution in [3.63, 3.8) is 0 Å². The minimum Gasteiger partial charge on any atom is -0.477 e. The van der Waals surface area contributed by atoms with E-state index in [0.29, 0.717) is 6.42 Å². The summed E-state index contributed by atoms with van der Waals surface area (Å²) in [6.45, 7) is -0.573. The van der Waals surface area contributed by atoms with Gasteiger partial charge >= 0.3 is 5.97 Å². The predicted molar refractivity (Wildman–Crippen MR) is 444 cm³/mol. The summed E-state index contributed by atoms with van der Waals surface area (Å²) in [5.74, 6) is -9.10. The summed E-state index contributed by atoms with van der Waals surface area (Å²) in [6.07, 6.45) is -76.9. The molecule has 0 radical (unpaired) electrons. The van der Waals surface area contributed by atoms with Crippen molar-refractivity contribution in [3.8, 4) is 0 Å². The molecule has 0 aromatic carbocycles. The molecule has 0 aliphatic carbocycles. The van der Waals surface area contributed by atoms with Gasteiger partial charge in [0.15, 0.2) is 50.3 Å². The number of rotatable bonds is 47. The molecule has 9 fully saturated rings. The van der Waals surface area contributed by atoms with Crippen LogP contribution in [0, 0.1) is 0 Å². The number of allylic oxidation sites excluding steroid dienone is 1. The first-order valence-corrected chi connectivity index (χ1v) is 45.8. The van der Waals surface area contributed by atoms with E-state index in [1.807, 2.05) is 0 Å². The maximum absolute atomic E-state index is 13.7. The van der Waals surface area contributed by atoms with E-state index in [9.17, 15) is 157 Å². The zero-order valence-corrected chi connectivity index (χ0v) is 76.2. The number of carbonyl (C=O) groups is 5. The second-order valence-corrected chi connectivity index (χ2v) is 35.6. The quantitative estimate of drug-likeness (QED) is 0.0199. The molecule has 9 saturated heterocycles. The standard InChI is InChI=1S/C83H142N4O49/c1-8-9-10-11-12-13-14-15-16-17-18-19-20-21-38(99)37(84-33(4)95)30-119-76-61(113)58(110)65(44(27-92)127-76)128-79-62(114)71(53(105)41(24-89)122-79)133-74-48(86-35(6)97)69(131-77-59(111)56(108)50(102)31(2)120-77)66(45(28-93)125-74)129-80-63(115)72(54(106)42(25-90)123-80)134-75-49(87-36(7)98)70(132-78-60(112)57(109)51(103)32(3)121-78)67(46(29-94)126-75)130-81-64(116)73(55(107)43(26-91)124-81)136-83(82(117)118)22-39(100)47(85-34(5)96)68(135-83)52(104)40(101)23-88/h20-21,31-32,37-81,88-94,99-116H,8-19,22-30H2,1-7H3,(H,84,95)(H,85,96)(H,86,97)(H,87,98)(H,117,118)/b21-20+/t31-,32-,37-,38+,39-,40+,41+,42+,43+,44+,45+,46+,47+,48+,49+,50+,51+,52+,53-,54-,55-,56+,57+,58+,59-,60-,61+,62+,63+,64+,65+,66+,67+,68+,69+,70+,71-,72-,73-,74-,75-,76+,77-,78-,79-,80-,81-,83-/m0/s1. The number of unbranched alkanes of at least 4 members (excludes halogenated alkanes) is 11. The first-order chi connectivity index (χ1) is 64.5. The fourth-order valence-electron chi connectivity index (χ4n) is 17.9. The van der Waals surface area contributed by atoms with Crippen molar-refractivity contribution in [3.05, 3.63) is 12.2 Å². The van der Waals surface area contributed by atoms with Crippen molar-refractivity contribution in [2.75, 3.05) is 52.9 Å². The summed E-state index contributed by atoms with van der Waals surface area (Å²) in [5, 5.41) is 305. The summed E-state index contributed by atoms with van der Waals surface area (Å²) >= 11 is 0. The summed E-state index contributed by atoms with van der Waals surface area (Å²) in [7, 11) is 0. The van der Waals surface area contributed by atoms with Crippen LogP contribution in [0.25, 0.3) is 0 Å². The van der Waals surface area contributed by atoms with E-state index in [1.54, 1.807) is 6.08 Å². The number of hydrogen-bond acceptors (Lipinski definition) is 48. The predicted octanol–water partition coefficient (Wildman–Crippen LogP) is -13.8. The van der Waals surface area contributed by atoms with Crippen LogP contribution >= 0.6 is 0 Å². The monoisotopic (exact) mass is 1980 g/mol. The van der Waals surface area contributed by atoms with Crippen LogP contribution in [0.5, 0.6) is 0 Å². The number of ether oxygens (including phenoxy) is 18. The number of aliphatic hydroxyl groups excluding tert-OH is 25. The normalized spacial score (nSPS) is 43.4. The molecule has 4 amide bonds. The lowest BCUT2D eigenvalue weighted by atomic mass is 9.88. The Hall–Kier alpha value is -4.63. The highest BCUT2D eigenvalue weighted by Gasteiger charge is 2.64. The van der Waals surface area contributed by atoms with Gasteiger partial charge in [-0.05, 0) is 26.7 Å². The van der Waals surface area contributed by atoms with Crippen molar-refractivity contribution in [2.45, 2.75) is 426 Å². The number of nitrogens with one attached hydrogen (secondary N) is 4. The first-order valence-electron chi connectivity index (χ1n) is 45.8. The van der Waals surface area contributed by atoms with Crippen molar-refractivity contribution in [1.29, 1.82) is 0 Å². The molecule has 136 heavy (non-hydrogen) atoms. The van der Waals surface area contributed by atoms with Gasteiger partial charge in [-0.15, -0.1) is 0 Å². The molecule has 9 aliphatic heterocycles. The Morgan fingerprint density at radius 1 is 0.382 bits per heavy atom. The summed E-state index contributed by atoms with van der Waals surface area (Å²) in [5.41, 5.74) is 0. The fraction of sp³-hybridized carbons (Fsp3) is 0.916. The summed E-state index contributed by atoms with van der Waals surface area (Å²) in [6, 6.07) is -7.16. The lowest BCUT2D eigenvalue weighted by molar-refractivity contribution is -0.403. The molecular formula is C83H142N4O49. The van der Waals surface area contributed by atoms with Crippen LogP contribution in [0.4, 0.5) is 0 Å². The average molecular weight is 1980 g/mol. The van der Waals surface area contributed by atoms with E-state index in [0.717, 1.165) is 52.9 Å². The van der Waals surface area contributed by atoms with E-state index in [4.69, 9.17) is 85.3 Å². The highest BCUT2D eigenvalue weighted by atomic mass is 16.8. The van der Waals surface area contributed by atoms with E-state index in [2.05, 4.69) is 28.2 Å². The summed E-state index contributed by atoms with van der Waals surface area (Å²) < 4.78 is 109. The van der Waals surface area contributed by atoms with Gasteiger partial charge < -0.3 is 239 Å². The van der Waals surface area contributed by atoms with E-state index in [-0.39, 0.29) is 0 Å². The van der Waals surface area contributed by atoms with E-state index >= 15 is 0 Å². The molecule has 0 aromatic heterocycles. The molecule has 9 aliphatic rings. The van der Waals surface area contributed by atoms with Crippen molar-refractivity contribution >= 4 is 29.6 Å². The third-order valence-corrected chi connectivity index (χ3v) is 25.4. The molecule has 0 unspecified atom stereocenters. The van der Waals surface area contributed by atoms with Gasteiger partial charge in [0.1, 0.15) is 201 Å². The third-order valence-electron chi connectivity index (χ3n) is 25.4. The Bertz CT molecular complexity index is 3640. The molecule has 9 heterocycles. The number of carboxylic acid groups (broad SMARTS) is 1. The van der Waals surface area contributed by atoms with Crippen molar-refractivity contribution in [2.24, 2.45) is 0 Å². The molecule has 53 nitrogen and oxygen atoms in total. The number of aliphatic hydroxyl groups is 25. The zero-order chi connectivity index (χ0) is 100. The number of aliphatic carboxylic acids is 1. The fourth-order valence-corrected chi connectivity index (χ4v) is 17.9. The topological polar surface area (TPSA) is 826 Å². The third kappa shape index (κ3) is 28.3. The molecule has 53 heteroatoms.